The summed E-state index contributed by atoms with van der Waals surface area (Å²) in [5.74, 6) is 0.838. The van der Waals surface area contributed by atoms with Gasteiger partial charge in [-0.25, -0.2) is 14.6 Å². The third-order valence-corrected chi connectivity index (χ3v) is 3.16. The second-order valence-corrected chi connectivity index (χ2v) is 4.40. The molecule has 2 aromatic rings. The molecule has 2 aromatic heterocycles. The van der Waals surface area contributed by atoms with Gasteiger partial charge in [0, 0.05) is 13.2 Å². The third kappa shape index (κ3) is 1.92. The fraction of sp³-hybridized carbons (Fsp3) is 0.583. The minimum atomic E-state index is 0.0145. The highest BCUT2D eigenvalue weighted by atomic mass is 16.5. The van der Waals surface area contributed by atoms with E-state index in [0.29, 0.717) is 0 Å². The highest BCUT2D eigenvalue weighted by molar-refractivity contribution is 5.86. The van der Waals surface area contributed by atoms with Gasteiger partial charge in [-0.3, -0.25) is 0 Å². The number of fused-ring (bicyclic) bond motifs is 1. The van der Waals surface area contributed by atoms with Crippen LogP contribution in [-0.4, -0.2) is 32.9 Å². The van der Waals surface area contributed by atoms with Gasteiger partial charge in [0.15, 0.2) is 11.9 Å². The standard InChI is InChI=1S/C12H17N5O/c1-2-13-11-9-7-16-17(12(9)15-8-14-11)10-5-3-4-6-18-10/h7-8,10H,2-6H2,1H3,(H,13,14,15). The Kier molecular flexibility index (Phi) is 3.10. The van der Waals surface area contributed by atoms with Crippen LogP contribution in [-0.2, 0) is 4.74 Å². The molecule has 1 aliphatic rings. The van der Waals surface area contributed by atoms with E-state index in [4.69, 9.17) is 4.74 Å². The molecular formula is C12H17N5O. The van der Waals surface area contributed by atoms with E-state index in [-0.39, 0.29) is 6.23 Å². The number of hydrogen-bond acceptors (Lipinski definition) is 5. The van der Waals surface area contributed by atoms with Gasteiger partial charge in [-0.15, -0.1) is 0 Å². The van der Waals surface area contributed by atoms with Crippen LogP contribution in [0.2, 0.25) is 0 Å². The molecule has 1 N–H and O–H groups in total. The lowest BCUT2D eigenvalue weighted by molar-refractivity contribution is -0.0370. The summed E-state index contributed by atoms with van der Waals surface area (Å²) in [6.07, 6.45) is 6.70. The second kappa shape index (κ2) is 4.89. The van der Waals surface area contributed by atoms with Gasteiger partial charge in [0.05, 0.1) is 11.6 Å². The minimum Gasteiger partial charge on any atom is -0.370 e. The van der Waals surface area contributed by atoms with E-state index in [1.165, 1.54) is 6.42 Å². The number of aromatic nitrogens is 4. The van der Waals surface area contributed by atoms with Gasteiger partial charge >= 0.3 is 0 Å². The lowest BCUT2D eigenvalue weighted by atomic mass is 10.2. The van der Waals surface area contributed by atoms with Gasteiger partial charge in [-0.1, -0.05) is 0 Å². The van der Waals surface area contributed by atoms with Gasteiger partial charge in [0.25, 0.3) is 0 Å². The van der Waals surface area contributed by atoms with E-state index in [0.717, 1.165) is 42.8 Å². The monoisotopic (exact) mass is 247 g/mol. The number of rotatable bonds is 3. The van der Waals surface area contributed by atoms with Crippen molar-refractivity contribution in [2.24, 2.45) is 0 Å². The largest absolute Gasteiger partial charge is 0.370 e. The van der Waals surface area contributed by atoms with Crippen LogP contribution in [0.3, 0.4) is 0 Å². The molecule has 0 amide bonds. The molecule has 1 aliphatic heterocycles. The Morgan fingerprint density at radius 2 is 2.39 bits per heavy atom. The summed E-state index contributed by atoms with van der Waals surface area (Å²) in [6, 6.07) is 0. The van der Waals surface area contributed by atoms with Crippen molar-refractivity contribution in [3.63, 3.8) is 0 Å². The first-order valence-electron chi connectivity index (χ1n) is 6.44. The Morgan fingerprint density at radius 1 is 1.44 bits per heavy atom. The summed E-state index contributed by atoms with van der Waals surface area (Å²) in [5.41, 5.74) is 0.841. The SMILES string of the molecule is CCNc1ncnc2c1cnn2C1CCCCO1. The molecule has 1 fully saturated rings. The van der Waals surface area contributed by atoms with Crippen LogP contribution >= 0.6 is 0 Å². The quantitative estimate of drug-likeness (QED) is 0.898. The van der Waals surface area contributed by atoms with Crippen molar-refractivity contribution >= 4 is 16.9 Å². The zero-order chi connectivity index (χ0) is 12.4. The topological polar surface area (TPSA) is 64.9 Å². The highest BCUT2D eigenvalue weighted by Crippen LogP contribution is 2.26. The van der Waals surface area contributed by atoms with Gasteiger partial charge in [-0.05, 0) is 26.2 Å². The predicted molar refractivity (Wildman–Crippen MR) is 68.3 cm³/mol. The molecule has 0 aromatic carbocycles. The lowest BCUT2D eigenvalue weighted by Crippen LogP contribution is -2.19. The van der Waals surface area contributed by atoms with Crippen molar-refractivity contribution in [1.82, 2.24) is 19.7 Å². The molecule has 0 radical (unpaired) electrons. The Bertz CT molecular complexity index is 532. The van der Waals surface area contributed by atoms with Crippen molar-refractivity contribution in [1.29, 1.82) is 0 Å². The van der Waals surface area contributed by atoms with Gasteiger partial charge in [0.2, 0.25) is 0 Å². The minimum absolute atomic E-state index is 0.0145. The van der Waals surface area contributed by atoms with Crippen molar-refractivity contribution in [3.8, 4) is 0 Å². The Morgan fingerprint density at radius 3 is 3.17 bits per heavy atom. The van der Waals surface area contributed by atoms with Gasteiger partial charge < -0.3 is 10.1 Å². The van der Waals surface area contributed by atoms with Crippen LogP contribution < -0.4 is 5.32 Å². The molecule has 18 heavy (non-hydrogen) atoms. The first-order chi connectivity index (χ1) is 8.90. The smallest absolute Gasteiger partial charge is 0.165 e. The molecule has 1 atom stereocenters. The highest BCUT2D eigenvalue weighted by Gasteiger charge is 2.20. The zero-order valence-corrected chi connectivity index (χ0v) is 10.5. The molecule has 0 spiro atoms. The van der Waals surface area contributed by atoms with Crippen molar-refractivity contribution in [2.75, 3.05) is 18.5 Å². The molecule has 1 saturated heterocycles. The van der Waals surface area contributed by atoms with Crippen LogP contribution in [0, 0.1) is 0 Å². The summed E-state index contributed by atoms with van der Waals surface area (Å²) < 4.78 is 7.62. The Hall–Kier alpha value is -1.69. The van der Waals surface area contributed by atoms with Crippen LogP contribution in [0.25, 0.3) is 11.0 Å². The van der Waals surface area contributed by atoms with Crippen LogP contribution in [0.15, 0.2) is 12.5 Å². The van der Waals surface area contributed by atoms with Crippen molar-refractivity contribution < 1.29 is 4.74 Å². The molecule has 0 aliphatic carbocycles. The Balaban J connectivity index is 2.00. The average molecular weight is 247 g/mol. The molecule has 3 heterocycles. The fourth-order valence-corrected chi connectivity index (χ4v) is 2.30. The van der Waals surface area contributed by atoms with E-state index in [1.807, 2.05) is 17.8 Å². The summed E-state index contributed by atoms with van der Waals surface area (Å²) in [7, 11) is 0. The van der Waals surface area contributed by atoms with E-state index < -0.39 is 0 Å². The molecule has 96 valence electrons. The maximum atomic E-state index is 5.75. The number of anilines is 1. The van der Waals surface area contributed by atoms with Crippen LogP contribution in [0.5, 0.6) is 0 Å². The third-order valence-electron chi connectivity index (χ3n) is 3.16. The number of hydrogen-bond donors (Lipinski definition) is 1. The lowest BCUT2D eigenvalue weighted by Gasteiger charge is -2.22. The maximum Gasteiger partial charge on any atom is 0.165 e. The predicted octanol–water partition coefficient (Wildman–Crippen LogP) is 1.96. The average Bonchev–Trinajstić information content (AvgIpc) is 2.85. The first kappa shape index (κ1) is 11.4. The van der Waals surface area contributed by atoms with Crippen LogP contribution in [0.1, 0.15) is 32.4 Å². The molecule has 6 nitrogen and oxygen atoms in total. The van der Waals surface area contributed by atoms with E-state index in [2.05, 4.69) is 20.4 Å². The van der Waals surface area contributed by atoms with Gasteiger partial charge in [0.1, 0.15) is 12.1 Å². The molecule has 6 heteroatoms. The van der Waals surface area contributed by atoms with Gasteiger partial charge in [-0.2, -0.15) is 5.10 Å². The fourth-order valence-electron chi connectivity index (χ4n) is 2.30. The normalized spacial score (nSPS) is 20.2. The van der Waals surface area contributed by atoms with Crippen molar-refractivity contribution in [3.05, 3.63) is 12.5 Å². The van der Waals surface area contributed by atoms with Crippen molar-refractivity contribution in [2.45, 2.75) is 32.4 Å². The molecular weight excluding hydrogens is 230 g/mol. The van der Waals surface area contributed by atoms with E-state index >= 15 is 0 Å². The maximum absolute atomic E-state index is 5.75. The molecule has 1 unspecified atom stereocenters. The summed E-state index contributed by atoms with van der Waals surface area (Å²) >= 11 is 0. The molecule has 0 bridgehead atoms. The van der Waals surface area contributed by atoms with E-state index in [1.54, 1.807) is 6.33 Å². The summed E-state index contributed by atoms with van der Waals surface area (Å²) in [6.45, 7) is 3.68. The molecule has 0 saturated carbocycles. The second-order valence-electron chi connectivity index (χ2n) is 4.40. The summed E-state index contributed by atoms with van der Waals surface area (Å²) in [5, 5.41) is 8.58. The first-order valence-corrected chi connectivity index (χ1v) is 6.44. The van der Waals surface area contributed by atoms with E-state index in [9.17, 15) is 0 Å². The number of nitrogens with one attached hydrogen (secondary N) is 1. The number of nitrogens with zero attached hydrogens (tertiary/aromatic N) is 4. The number of ether oxygens (including phenoxy) is 1. The Labute approximate surface area is 105 Å². The molecule has 3 rings (SSSR count). The van der Waals surface area contributed by atoms with Crippen LogP contribution in [0.4, 0.5) is 5.82 Å². The zero-order valence-electron chi connectivity index (χ0n) is 10.5. The summed E-state index contributed by atoms with van der Waals surface area (Å²) in [4.78, 5) is 8.57.